The Bertz CT molecular complexity index is 4480. The number of rotatable bonds is 20. The largest absolute Gasteiger partial charge is 0.456 e. The Hall–Kier alpha value is -11.6. The van der Waals surface area contributed by atoms with E-state index in [2.05, 4.69) is 52.0 Å². The summed E-state index contributed by atoms with van der Waals surface area (Å²) in [5.74, 6) is 3.39. The fourth-order valence-corrected chi connectivity index (χ4v) is 12.8. The van der Waals surface area contributed by atoms with Gasteiger partial charge in [0.2, 0.25) is 0 Å². The van der Waals surface area contributed by atoms with E-state index in [9.17, 15) is 41.5 Å². The lowest BCUT2D eigenvalue weighted by Crippen LogP contribution is -2.25. The molecule has 10 aromatic carbocycles. The lowest BCUT2D eigenvalue weighted by atomic mass is 9.72. The van der Waals surface area contributed by atoms with Gasteiger partial charge < -0.3 is 58.3 Å². The van der Waals surface area contributed by atoms with Crippen molar-refractivity contribution in [3.8, 4) is 116 Å². The van der Waals surface area contributed by atoms with Gasteiger partial charge in [0, 0.05) is 11.8 Å². The van der Waals surface area contributed by atoms with E-state index in [1.165, 1.54) is 0 Å². The smallest absolute Gasteiger partial charge is 0.170 e. The minimum Gasteiger partial charge on any atom is -0.456 e. The molecule has 0 saturated carbocycles. The van der Waals surface area contributed by atoms with Crippen molar-refractivity contribution < 1.29 is 58.3 Å². The van der Waals surface area contributed by atoms with E-state index in [0.717, 1.165) is 22.3 Å². The molecule has 0 heterocycles. The summed E-state index contributed by atoms with van der Waals surface area (Å²) in [7, 11) is 0. The number of aliphatic hydroxyl groups is 4. The fraction of sp³-hybridized carbons (Fsp3) is 0.200. The zero-order chi connectivity index (χ0) is 67.7. The van der Waals surface area contributed by atoms with Gasteiger partial charge in [0.1, 0.15) is 116 Å². The second kappa shape index (κ2) is 26.4. The van der Waals surface area contributed by atoms with Crippen LogP contribution in [0.25, 0.3) is 0 Å². The van der Waals surface area contributed by atoms with Gasteiger partial charge in [0.25, 0.3) is 0 Å². The number of nitrogens with zero attached hydrogens (tertiary/aromatic N) is 4. The molecule has 0 radical (unpaired) electrons. The first-order valence-electron chi connectivity index (χ1n) is 31.2. The highest BCUT2D eigenvalue weighted by Crippen LogP contribution is 2.69. The Morgan fingerprint density at radius 2 is 0.490 bits per heavy atom. The summed E-state index contributed by atoms with van der Waals surface area (Å²) in [4.78, 5) is 0. The van der Waals surface area contributed by atoms with Gasteiger partial charge in [-0.3, -0.25) is 0 Å². The van der Waals surface area contributed by atoms with Crippen molar-refractivity contribution in [2.75, 3.05) is 0 Å². The van der Waals surface area contributed by atoms with Gasteiger partial charge in [-0.25, -0.2) is 0 Å². The minimum atomic E-state index is -0.711. The van der Waals surface area contributed by atoms with Crippen LogP contribution >= 0.6 is 0 Å². The maximum atomic E-state index is 10.9. The Kier molecular flexibility index (Phi) is 17.8. The van der Waals surface area contributed by atoms with Gasteiger partial charge in [-0.05, 0) is 204 Å². The van der Waals surface area contributed by atoms with Crippen LogP contribution in [0.4, 0.5) is 0 Å². The molecule has 10 aromatic rings. The third-order valence-corrected chi connectivity index (χ3v) is 17.8. The molecule has 0 aromatic heterocycles. The third-order valence-electron chi connectivity index (χ3n) is 17.8. The monoisotopic (exact) mass is 1270 g/mol. The van der Waals surface area contributed by atoms with Crippen LogP contribution in [0.3, 0.4) is 0 Å². The van der Waals surface area contributed by atoms with Crippen molar-refractivity contribution in [2.24, 2.45) is 0 Å². The molecule has 0 spiro atoms. The first-order valence-corrected chi connectivity index (χ1v) is 31.2. The van der Waals surface area contributed by atoms with Crippen molar-refractivity contribution in [1.29, 1.82) is 21.0 Å². The summed E-state index contributed by atoms with van der Waals surface area (Å²) in [5.41, 5.74) is 5.27. The molecule has 4 N–H and O–H groups in total. The van der Waals surface area contributed by atoms with Crippen LogP contribution in [0.5, 0.6) is 92.0 Å². The first-order chi connectivity index (χ1) is 46.2. The molecule has 6 atom stereocenters. The lowest BCUT2D eigenvalue weighted by molar-refractivity contribution is 0.199. The Morgan fingerprint density at radius 3 is 0.688 bits per heavy atom. The zero-order valence-electron chi connectivity index (χ0n) is 53.8. The molecule has 96 heavy (non-hydrogen) atoms. The molecular weight excluding hydrogens is 1210 g/mol. The number of fused-ring (bicyclic) bond motifs is 5. The number of ether oxygens (including phenoxy) is 8. The molecule has 0 saturated heterocycles. The molecule has 0 bridgehead atoms. The highest BCUT2D eigenvalue weighted by Gasteiger charge is 2.59. The van der Waals surface area contributed by atoms with Crippen molar-refractivity contribution in [2.45, 2.75) is 102 Å². The molecule has 12 rings (SSSR count). The molecule has 0 fully saturated rings. The predicted molar refractivity (Wildman–Crippen MR) is 358 cm³/mol. The fourth-order valence-electron chi connectivity index (χ4n) is 12.8. The summed E-state index contributed by atoms with van der Waals surface area (Å²) in [5, 5.41) is 84.4. The van der Waals surface area contributed by atoms with E-state index in [1.54, 1.807) is 198 Å². The lowest BCUT2D eigenvalue weighted by Gasteiger charge is -2.31. The topological polar surface area (TPSA) is 250 Å². The Labute approximate surface area is 556 Å². The Balaban J connectivity index is 0.983. The maximum absolute atomic E-state index is 10.9. The molecule has 0 amide bonds. The minimum absolute atomic E-state index is 0.0798. The van der Waals surface area contributed by atoms with Crippen LogP contribution in [-0.2, 0) is 10.8 Å². The molecular formula is C80H66N4O12. The summed E-state index contributed by atoms with van der Waals surface area (Å²) < 4.78 is 53.0. The quantitative estimate of drug-likeness (QED) is 0.0554. The molecule has 0 aliphatic heterocycles. The van der Waals surface area contributed by atoms with Gasteiger partial charge >= 0.3 is 0 Å². The van der Waals surface area contributed by atoms with Crippen molar-refractivity contribution >= 4 is 0 Å². The summed E-state index contributed by atoms with van der Waals surface area (Å²) in [6.07, 6.45) is -2.79. The standard InChI is InChI=1S/C80H66N4O12/c1-45(85)49-21-29-53(30-22-49)89-65-13-9-17-69(59(65)41-81)93-73-37-57-63(39-75(73)95-71-19-11-15-67(61(71)43-83)91-55-33-25-51(26-34-55)47(3)87)79(5,6)78-58-38-74(94-70-18-10-14-66(60(70)42-82)90-54-31-23-50(24-32-54)46(2)86)76(40-64(58)80(7,8)77(57)78)96-72-20-12-16-68(62(72)44-84)92-56-35-27-52(28-36-56)48(4)88/h9-40,45-48,77-78,85-88H,1-8H3. The number of hydrogen-bond acceptors (Lipinski definition) is 16. The molecule has 2 aliphatic rings. The van der Waals surface area contributed by atoms with Gasteiger partial charge in [0.05, 0.1) is 24.4 Å². The Morgan fingerprint density at radius 1 is 0.292 bits per heavy atom. The van der Waals surface area contributed by atoms with Gasteiger partial charge in [-0.1, -0.05) is 100 Å². The van der Waals surface area contributed by atoms with Crippen LogP contribution in [0, 0.1) is 45.3 Å². The van der Waals surface area contributed by atoms with E-state index < -0.39 is 35.2 Å². The number of hydrogen-bond donors (Lipinski definition) is 4. The van der Waals surface area contributed by atoms with Crippen molar-refractivity contribution in [3.05, 3.63) is 261 Å². The van der Waals surface area contributed by atoms with E-state index in [-0.39, 0.29) is 103 Å². The van der Waals surface area contributed by atoms with Crippen molar-refractivity contribution in [3.63, 3.8) is 0 Å². The van der Waals surface area contributed by atoms with E-state index >= 15 is 0 Å². The zero-order valence-corrected chi connectivity index (χ0v) is 53.8. The average molecular weight is 1280 g/mol. The third kappa shape index (κ3) is 12.6. The SMILES string of the molecule is CC(O)c1ccc(Oc2cccc(Oc3cc4c(cc3Oc3cccc(Oc5ccc(C(C)O)cc5)c3C#N)C(C)(C)C3c5cc(Oc6cccc(Oc7ccc(C(C)O)cc7)c6C#N)c(Oc6cccc(Oc7ccc(C(C)O)cc7)c6C#N)cc5C(C)(C)C43)c2C#N)cc1. The molecule has 6 unspecified atom stereocenters. The van der Waals surface area contributed by atoms with E-state index in [1.807, 2.05) is 24.3 Å². The number of benzene rings is 10. The molecule has 478 valence electrons. The number of nitriles is 4. The molecule has 16 heteroatoms. The summed E-state index contributed by atoms with van der Waals surface area (Å²) in [6.45, 7) is 15.3. The molecule has 2 aliphatic carbocycles. The van der Waals surface area contributed by atoms with Crippen LogP contribution in [0.1, 0.15) is 158 Å². The van der Waals surface area contributed by atoms with Gasteiger partial charge in [-0.15, -0.1) is 0 Å². The molecule has 16 nitrogen and oxygen atoms in total. The predicted octanol–water partition coefficient (Wildman–Crippen LogP) is 19.2. The van der Waals surface area contributed by atoms with Crippen LogP contribution in [0.2, 0.25) is 0 Å². The van der Waals surface area contributed by atoms with Crippen LogP contribution in [-0.4, -0.2) is 20.4 Å². The first kappa shape index (κ1) is 64.5. The van der Waals surface area contributed by atoms with E-state index in [0.29, 0.717) is 45.3 Å². The highest BCUT2D eigenvalue weighted by atomic mass is 16.5. The average Bonchev–Trinajstić information content (AvgIpc) is 1.52. The van der Waals surface area contributed by atoms with E-state index in [4.69, 9.17) is 37.9 Å². The van der Waals surface area contributed by atoms with Gasteiger partial charge in [-0.2, -0.15) is 21.0 Å². The van der Waals surface area contributed by atoms with Crippen molar-refractivity contribution in [1.82, 2.24) is 0 Å². The summed E-state index contributed by atoms with van der Waals surface area (Å²) >= 11 is 0. The van der Waals surface area contributed by atoms with Crippen LogP contribution in [0.15, 0.2) is 194 Å². The maximum Gasteiger partial charge on any atom is 0.170 e. The summed E-state index contributed by atoms with van der Waals surface area (Å²) in [6, 6.07) is 64.6. The second-order valence-electron chi connectivity index (χ2n) is 24.9. The highest BCUT2D eigenvalue weighted by molar-refractivity contribution is 5.69. The van der Waals surface area contributed by atoms with Gasteiger partial charge in [0.15, 0.2) is 23.0 Å². The normalized spacial score (nSPS) is 15.7. The number of aliphatic hydroxyl groups excluding tert-OH is 4. The van der Waals surface area contributed by atoms with Crippen LogP contribution < -0.4 is 37.9 Å². The second-order valence-corrected chi connectivity index (χ2v) is 24.9.